The minimum atomic E-state index is -5.25. The molecule has 0 unspecified atom stereocenters. The minimum Gasteiger partial charge on any atom is -0.370 e. The van der Waals surface area contributed by atoms with Gasteiger partial charge in [-0.3, -0.25) is 4.99 Å². The van der Waals surface area contributed by atoms with Gasteiger partial charge in [0.05, 0.1) is 0 Å². The predicted molar refractivity (Wildman–Crippen MR) is 102 cm³/mol. The van der Waals surface area contributed by atoms with E-state index in [1.165, 1.54) is 17.5 Å². The summed E-state index contributed by atoms with van der Waals surface area (Å²) < 4.78 is 61.3. The molecule has 0 atom stereocenters. The second-order valence-electron chi connectivity index (χ2n) is 7.29. The Morgan fingerprint density at radius 1 is 1.21 bits per heavy atom. The van der Waals surface area contributed by atoms with Crippen LogP contribution in [0.15, 0.2) is 23.2 Å². The van der Waals surface area contributed by atoms with Crippen molar-refractivity contribution in [3.8, 4) is 0 Å². The number of aliphatic imine (C=N–C) groups is 1. The Kier molecular flexibility index (Phi) is 6.18. The molecule has 1 aliphatic carbocycles. The molecule has 0 bridgehead atoms. The van der Waals surface area contributed by atoms with Gasteiger partial charge in [0.15, 0.2) is 5.96 Å². The van der Waals surface area contributed by atoms with Crippen LogP contribution < -0.4 is 11.1 Å². The Morgan fingerprint density at radius 3 is 2.57 bits per heavy atom. The molecule has 3 N–H and O–H groups in total. The van der Waals surface area contributed by atoms with Crippen LogP contribution in [0.2, 0.25) is 0 Å². The summed E-state index contributed by atoms with van der Waals surface area (Å²) in [5.41, 5.74) is 4.28. The molecule has 1 aliphatic heterocycles. The number of piperidine rings is 1. The van der Waals surface area contributed by atoms with Crippen molar-refractivity contribution in [2.45, 2.75) is 44.0 Å². The van der Waals surface area contributed by atoms with E-state index < -0.39 is 15.5 Å². The van der Waals surface area contributed by atoms with Gasteiger partial charge in [0.2, 0.25) is 0 Å². The number of nitrogens with two attached hydrogens (primary N) is 1. The zero-order chi connectivity index (χ0) is 20.4. The molecule has 0 amide bonds. The van der Waals surface area contributed by atoms with Crippen LogP contribution in [0.1, 0.15) is 36.8 Å². The zero-order valence-corrected chi connectivity index (χ0v) is 16.3. The third kappa shape index (κ3) is 4.60. The van der Waals surface area contributed by atoms with Crippen molar-refractivity contribution < 1.29 is 21.6 Å². The van der Waals surface area contributed by atoms with Crippen molar-refractivity contribution in [2.24, 2.45) is 16.6 Å². The van der Waals surface area contributed by atoms with E-state index in [0.717, 1.165) is 24.9 Å². The van der Waals surface area contributed by atoms with E-state index in [1.54, 1.807) is 0 Å². The summed E-state index contributed by atoms with van der Waals surface area (Å²) in [6.45, 7) is 0.0525. The summed E-state index contributed by atoms with van der Waals surface area (Å²) >= 11 is 0. The molecule has 28 heavy (non-hydrogen) atoms. The average Bonchev–Trinajstić information content (AvgIpc) is 2.66. The Morgan fingerprint density at radius 2 is 1.89 bits per heavy atom. The van der Waals surface area contributed by atoms with E-state index >= 15 is 0 Å². The second-order valence-corrected chi connectivity index (χ2v) is 9.22. The first-order chi connectivity index (χ1) is 13.2. The van der Waals surface area contributed by atoms with Crippen molar-refractivity contribution in [1.29, 1.82) is 0 Å². The topological polar surface area (TPSA) is 87.8 Å². The number of alkyl halides is 3. The molecule has 2 aliphatic rings. The molecule has 1 saturated heterocycles. The lowest BCUT2D eigenvalue weighted by Gasteiger charge is -2.30. The van der Waals surface area contributed by atoms with Gasteiger partial charge in [-0.15, -0.1) is 0 Å². The van der Waals surface area contributed by atoms with Gasteiger partial charge < -0.3 is 11.1 Å². The first kappa shape index (κ1) is 20.9. The summed E-state index contributed by atoms with van der Waals surface area (Å²) in [5.74, 6) is 0.272. The smallest absolute Gasteiger partial charge is 0.370 e. The summed E-state index contributed by atoms with van der Waals surface area (Å²) in [4.78, 5) is 4.32. The molecule has 0 spiro atoms. The van der Waals surface area contributed by atoms with Gasteiger partial charge >= 0.3 is 15.5 Å². The first-order valence-electron chi connectivity index (χ1n) is 9.42. The molecule has 1 fully saturated rings. The Balaban J connectivity index is 1.54. The molecule has 6 nitrogen and oxygen atoms in total. The number of halogens is 3. The van der Waals surface area contributed by atoms with Crippen LogP contribution in [0, 0.1) is 5.92 Å². The maximum Gasteiger partial charge on any atom is 0.511 e. The number of hydrogen-bond donors (Lipinski definition) is 2. The minimum absolute atomic E-state index is 0.00437. The Hall–Kier alpha value is -1.81. The molecule has 156 valence electrons. The van der Waals surface area contributed by atoms with Crippen molar-refractivity contribution in [3.05, 3.63) is 29.3 Å². The monoisotopic (exact) mass is 418 g/mol. The van der Waals surface area contributed by atoms with Crippen LogP contribution in [-0.2, 0) is 22.9 Å². The molecule has 3 rings (SSSR count). The quantitative estimate of drug-likeness (QED) is 0.581. The van der Waals surface area contributed by atoms with Crippen molar-refractivity contribution >= 4 is 21.7 Å². The zero-order valence-electron chi connectivity index (χ0n) is 15.5. The number of rotatable bonds is 4. The Labute approximate surface area is 163 Å². The van der Waals surface area contributed by atoms with Crippen LogP contribution in [0.3, 0.4) is 0 Å². The average molecular weight is 418 g/mol. The molecule has 10 heteroatoms. The standard InChI is InChI=1S/C18H25F3N4O2S/c19-18(20,21)28(26,27)25-10-8-13(9-11-25)12-23-17(22)24-16-7-3-5-14-4-1-2-6-15(14)16/h3,5,7,13H,1-2,4,6,8-12H2,(H3,22,23,24). The summed E-state index contributed by atoms with van der Waals surface area (Å²) in [6.07, 6.45) is 5.03. The largest absolute Gasteiger partial charge is 0.511 e. The molecule has 0 radical (unpaired) electrons. The molecular formula is C18H25F3N4O2S. The Bertz CT molecular complexity index is 832. The van der Waals surface area contributed by atoms with Crippen LogP contribution in [0.25, 0.3) is 0 Å². The van der Waals surface area contributed by atoms with Crippen LogP contribution in [-0.4, -0.2) is 43.8 Å². The number of guanidine groups is 1. The highest BCUT2D eigenvalue weighted by molar-refractivity contribution is 7.90. The van der Waals surface area contributed by atoms with Gasteiger partial charge in [0, 0.05) is 25.3 Å². The van der Waals surface area contributed by atoms with Gasteiger partial charge in [-0.05, 0) is 61.6 Å². The highest BCUT2D eigenvalue weighted by atomic mass is 32.2. The number of aryl methyl sites for hydroxylation is 1. The fourth-order valence-electron chi connectivity index (χ4n) is 3.78. The van der Waals surface area contributed by atoms with Crippen LogP contribution in [0.5, 0.6) is 0 Å². The van der Waals surface area contributed by atoms with Crippen molar-refractivity contribution in [1.82, 2.24) is 4.31 Å². The number of anilines is 1. The van der Waals surface area contributed by atoms with Crippen molar-refractivity contribution in [3.63, 3.8) is 0 Å². The highest BCUT2D eigenvalue weighted by Gasteiger charge is 2.50. The lowest BCUT2D eigenvalue weighted by atomic mass is 9.90. The SMILES string of the molecule is NC(=NCC1CCN(S(=O)(=O)C(F)(F)F)CC1)Nc1cccc2c1CCCC2. The number of fused-ring (bicyclic) bond motifs is 1. The molecule has 1 heterocycles. The number of sulfonamides is 1. The van der Waals surface area contributed by atoms with Gasteiger partial charge in [-0.1, -0.05) is 12.1 Å². The molecule has 1 aromatic carbocycles. The van der Waals surface area contributed by atoms with E-state index in [2.05, 4.69) is 16.4 Å². The highest BCUT2D eigenvalue weighted by Crippen LogP contribution is 2.30. The van der Waals surface area contributed by atoms with Gasteiger partial charge in [-0.2, -0.15) is 17.5 Å². The number of nitrogens with zero attached hydrogens (tertiary/aromatic N) is 2. The maximum atomic E-state index is 12.6. The first-order valence-corrected chi connectivity index (χ1v) is 10.9. The second kappa shape index (κ2) is 8.28. The van der Waals surface area contributed by atoms with E-state index in [-0.39, 0.29) is 25.0 Å². The molecule has 0 saturated carbocycles. The van der Waals surface area contributed by atoms with Crippen molar-refractivity contribution in [2.75, 3.05) is 25.0 Å². The number of benzene rings is 1. The van der Waals surface area contributed by atoms with Gasteiger partial charge in [0.1, 0.15) is 0 Å². The fraction of sp³-hybridized carbons (Fsp3) is 0.611. The van der Waals surface area contributed by atoms with Gasteiger partial charge in [0.25, 0.3) is 0 Å². The van der Waals surface area contributed by atoms with Crippen LogP contribution >= 0.6 is 0 Å². The summed E-state index contributed by atoms with van der Waals surface area (Å²) in [5, 5.41) is 3.14. The van der Waals surface area contributed by atoms with Gasteiger partial charge in [-0.25, -0.2) is 8.42 Å². The predicted octanol–water partition coefficient (Wildman–Crippen LogP) is 2.85. The van der Waals surface area contributed by atoms with E-state index in [4.69, 9.17) is 5.73 Å². The molecular weight excluding hydrogens is 393 g/mol. The molecule has 0 aromatic heterocycles. The number of nitrogens with one attached hydrogen (secondary N) is 1. The van der Waals surface area contributed by atoms with Crippen LogP contribution in [0.4, 0.5) is 18.9 Å². The normalized spacial score (nSPS) is 20.0. The van der Waals surface area contributed by atoms with E-state index in [1.807, 2.05) is 12.1 Å². The maximum absolute atomic E-state index is 12.6. The third-order valence-electron chi connectivity index (χ3n) is 5.38. The summed E-state index contributed by atoms with van der Waals surface area (Å²) in [6, 6.07) is 6.07. The lowest BCUT2D eigenvalue weighted by Crippen LogP contribution is -2.45. The lowest BCUT2D eigenvalue weighted by molar-refractivity contribution is -0.0496. The van der Waals surface area contributed by atoms with E-state index in [9.17, 15) is 21.6 Å². The number of hydrogen-bond acceptors (Lipinski definition) is 3. The third-order valence-corrected chi connectivity index (χ3v) is 7.01. The van der Waals surface area contributed by atoms with E-state index in [0.29, 0.717) is 23.7 Å². The summed E-state index contributed by atoms with van der Waals surface area (Å²) in [7, 11) is -5.24. The molecule has 1 aromatic rings. The fourth-order valence-corrected chi connectivity index (χ4v) is 4.77.